The Morgan fingerprint density at radius 1 is 1.00 bits per heavy atom. The minimum Gasteiger partial charge on any atom is -0.355 e. The summed E-state index contributed by atoms with van der Waals surface area (Å²) in [5, 5.41) is 9.32. The number of hydrogen-bond acceptors (Lipinski definition) is 4. The van der Waals surface area contributed by atoms with Gasteiger partial charge < -0.3 is 4.52 Å². The minimum atomic E-state index is -3.87. The van der Waals surface area contributed by atoms with Crippen molar-refractivity contribution in [1.29, 1.82) is 0 Å². The van der Waals surface area contributed by atoms with Gasteiger partial charge in [-0.25, -0.2) is 13.6 Å². The summed E-state index contributed by atoms with van der Waals surface area (Å²) >= 11 is 0. The first-order valence-corrected chi connectivity index (χ1v) is 8.58. The summed E-state index contributed by atoms with van der Waals surface area (Å²) in [6.07, 6.45) is 0. The van der Waals surface area contributed by atoms with Crippen LogP contribution in [0.1, 0.15) is 11.3 Å². The summed E-state index contributed by atoms with van der Waals surface area (Å²) < 4.78 is 29.1. The molecule has 1 heterocycles. The van der Waals surface area contributed by atoms with E-state index in [1.165, 1.54) is 6.07 Å². The Balaban J connectivity index is 2.27. The molecule has 0 amide bonds. The largest absolute Gasteiger partial charge is 0.355 e. The smallest absolute Gasteiger partial charge is 0.238 e. The number of rotatable bonds is 3. The highest BCUT2D eigenvalue weighted by Gasteiger charge is 2.22. The molecule has 0 aliphatic rings. The number of nitrogens with zero attached hydrogens (tertiary/aromatic N) is 1. The van der Waals surface area contributed by atoms with Crippen LogP contribution in [-0.4, -0.2) is 13.6 Å². The van der Waals surface area contributed by atoms with Crippen LogP contribution in [0.25, 0.3) is 22.5 Å². The normalized spacial score (nSPS) is 11.6. The first-order chi connectivity index (χ1) is 10.9. The highest BCUT2D eigenvalue weighted by molar-refractivity contribution is 7.89. The molecular weight excluding hydrogens is 312 g/mol. The molecule has 2 N–H and O–H groups in total. The fourth-order valence-corrected chi connectivity index (χ4v) is 3.25. The van der Waals surface area contributed by atoms with Crippen molar-refractivity contribution in [3.63, 3.8) is 0 Å². The van der Waals surface area contributed by atoms with Gasteiger partial charge in [-0.05, 0) is 31.5 Å². The van der Waals surface area contributed by atoms with Gasteiger partial charge in [-0.3, -0.25) is 0 Å². The number of nitrogens with two attached hydrogens (primary N) is 1. The molecule has 6 heteroatoms. The van der Waals surface area contributed by atoms with E-state index in [1.54, 1.807) is 18.2 Å². The van der Waals surface area contributed by atoms with Crippen LogP contribution in [0.15, 0.2) is 57.9 Å². The molecule has 0 aliphatic heterocycles. The number of sulfonamides is 1. The van der Waals surface area contributed by atoms with E-state index >= 15 is 0 Å². The molecule has 5 nitrogen and oxygen atoms in total. The Bertz CT molecular complexity index is 958. The predicted molar refractivity (Wildman–Crippen MR) is 88.2 cm³/mol. The zero-order valence-corrected chi connectivity index (χ0v) is 13.6. The van der Waals surface area contributed by atoms with Crippen LogP contribution < -0.4 is 5.14 Å². The first-order valence-electron chi connectivity index (χ1n) is 7.03. The third-order valence-corrected chi connectivity index (χ3v) is 4.61. The lowest BCUT2D eigenvalue weighted by atomic mass is 9.99. The molecule has 118 valence electrons. The molecule has 0 radical (unpaired) electrons. The minimum absolute atomic E-state index is 0.0181. The van der Waals surface area contributed by atoms with Crippen LogP contribution in [0.3, 0.4) is 0 Å². The first kappa shape index (κ1) is 15.5. The average Bonchev–Trinajstić information content (AvgIpc) is 2.89. The second-order valence-electron chi connectivity index (χ2n) is 5.38. The SMILES string of the molecule is Cc1ccc(-c2c(C)noc2-c2ccccc2S(N)(=O)=O)cc1. The lowest BCUT2D eigenvalue weighted by Crippen LogP contribution is -2.13. The van der Waals surface area contributed by atoms with E-state index in [1.807, 2.05) is 38.1 Å². The number of hydrogen-bond donors (Lipinski definition) is 1. The van der Waals surface area contributed by atoms with Gasteiger partial charge in [0, 0.05) is 5.56 Å². The maximum Gasteiger partial charge on any atom is 0.238 e. The third-order valence-electron chi connectivity index (χ3n) is 3.64. The fourth-order valence-electron chi connectivity index (χ4n) is 2.52. The third kappa shape index (κ3) is 2.91. The van der Waals surface area contributed by atoms with Crippen molar-refractivity contribution >= 4 is 10.0 Å². The van der Waals surface area contributed by atoms with Crippen molar-refractivity contribution < 1.29 is 12.9 Å². The van der Waals surface area contributed by atoms with Crippen molar-refractivity contribution in [1.82, 2.24) is 5.16 Å². The topological polar surface area (TPSA) is 86.2 Å². The highest BCUT2D eigenvalue weighted by atomic mass is 32.2. The molecule has 0 aliphatic carbocycles. The lowest BCUT2D eigenvalue weighted by Gasteiger charge is -2.07. The average molecular weight is 328 g/mol. The highest BCUT2D eigenvalue weighted by Crippen LogP contribution is 2.37. The van der Waals surface area contributed by atoms with E-state index in [2.05, 4.69) is 5.16 Å². The van der Waals surface area contributed by atoms with E-state index in [0.29, 0.717) is 17.0 Å². The fraction of sp³-hybridized carbons (Fsp3) is 0.118. The van der Waals surface area contributed by atoms with Crippen LogP contribution in [0, 0.1) is 13.8 Å². The molecule has 0 spiro atoms. The molecule has 23 heavy (non-hydrogen) atoms. The van der Waals surface area contributed by atoms with Crippen LogP contribution in [-0.2, 0) is 10.0 Å². The zero-order valence-electron chi connectivity index (χ0n) is 12.8. The molecule has 3 aromatic rings. The van der Waals surface area contributed by atoms with E-state index in [4.69, 9.17) is 9.66 Å². The second-order valence-corrected chi connectivity index (χ2v) is 6.91. The van der Waals surface area contributed by atoms with E-state index in [-0.39, 0.29) is 4.90 Å². The Kier molecular flexibility index (Phi) is 3.79. The van der Waals surface area contributed by atoms with Gasteiger partial charge in [-0.1, -0.05) is 47.1 Å². The van der Waals surface area contributed by atoms with Crippen molar-refractivity contribution in [2.45, 2.75) is 18.7 Å². The van der Waals surface area contributed by atoms with E-state index in [9.17, 15) is 8.42 Å². The van der Waals surface area contributed by atoms with Crippen LogP contribution in [0.2, 0.25) is 0 Å². The van der Waals surface area contributed by atoms with Gasteiger partial charge in [0.2, 0.25) is 10.0 Å². The molecule has 1 aromatic heterocycles. The van der Waals surface area contributed by atoms with Crippen molar-refractivity contribution in [3.8, 4) is 22.5 Å². The van der Waals surface area contributed by atoms with Crippen molar-refractivity contribution in [3.05, 3.63) is 59.8 Å². The van der Waals surface area contributed by atoms with Gasteiger partial charge in [0.1, 0.15) is 0 Å². The van der Waals surface area contributed by atoms with Gasteiger partial charge in [0.15, 0.2) is 5.76 Å². The van der Waals surface area contributed by atoms with Gasteiger partial charge in [-0.2, -0.15) is 0 Å². The zero-order chi connectivity index (χ0) is 16.6. The van der Waals surface area contributed by atoms with Gasteiger partial charge >= 0.3 is 0 Å². The summed E-state index contributed by atoms with van der Waals surface area (Å²) in [4.78, 5) is 0.0181. The van der Waals surface area contributed by atoms with Gasteiger partial charge in [0.25, 0.3) is 0 Å². The predicted octanol–water partition coefficient (Wildman–Crippen LogP) is 3.27. The van der Waals surface area contributed by atoms with Gasteiger partial charge in [-0.15, -0.1) is 0 Å². The Labute approximate surface area is 134 Å². The molecular formula is C17H16N2O3S. The van der Waals surface area contributed by atoms with Crippen LogP contribution >= 0.6 is 0 Å². The summed E-state index contributed by atoms with van der Waals surface area (Å²) in [6.45, 7) is 3.82. The van der Waals surface area contributed by atoms with Crippen LogP contribution in [0.5, 0.6) is 0 Å². The quantitative estimate of drug-likeness (QED) is 0.799. The standard InChI is InChI=1S/C17H16N2O3S/c1-11-7-9-13(10-8-11)16-12(2)19-22-17(16)14-5-3-4-6-15(14)23(18,20)21/h3-10H,1-2H3,(H2,18,20,21). The number of benzene rings is 2. The monoisotopic (exact) mass is 328 g/mol. The number of primary sulfonamides is 1. The molecule has 0 atom stereocenters. The van der Waals surface area contributed by atoms with Crippen molar-refractivity contribution in [2.75, 3.05) is 0 Å². The molecule has 2 aromatic carbocycles. The Morgan fingerprint density at radius 2 is 1.65 bits per heavy atom. The second kappa shape index (κ2) is 5.64. The molecule has 0 bridgehead atoms. The summed E-state index contributed by atoms with van der Waals surface area (Å²) in [6, 6.07) is 14.4. The summed E-state index contributed by atoms with van der Waals surface area (Å²) in [5.41, 5.74) is 3.91. The van der Waals surface area contributed by atoms with Crippen LogP contribution in [0.4, 0.5) is 0 Å². The Hall–Kier alpha value is -2.44. The summed E-state index contributed by atoms with van der Waals surface area (Å²) in [5.74, 6) is 0.399. The maximum atomic E-state index is 11.8. The molecule has 0 unspecified atom stereocenters. The molecule has 0 saturated carbocycles. The Morgan fingerprint density at radius 3 is 2.30 bits per heavy atom. The number of aromatic nitrogens is 1. The molecule has 3 rings (SSSR count). The van der Waals surface area contributed by atoms with E-state index in [0.717, 1.165) is 16.7 Å². The lowest BCUT2D eigenvalue weighted by molar-refractivity contribution is 0.426. The summed E-state index contributed by atoms with van der Waals surface area (Å²) in [7, 11) is -3.87. The molecule has 0 saturated heterocycles. The van der Waals surface area contributed by atoms with Crippen molar-refractivity contribution in [2.24, 2.45) is 5.14 Å². The molecule has 0 fully saturated rings. The number of aryl methyl sites for hydroxylation is 2. The van der Waals surface area contributed by atoms with E-state index < -0.39 is 10.0 Å². The van der Waals surface area contributed by atoms with Gasteiger partial charge in [0.05, 0.1) is 16.2 Å². The maximum absolute atomic E-state index is 11.8.